The summed E-state index contributed by atoms with van der Waals surface area (Å²) in [6.07, 6.45) is 11.5. The molecule has 0 rings (SSSR count). The van der Waals surface area contributed by atoms with E-state index in [1.54, 1.807) is 0 Å². The molecule has 0 amide bonds. The summed E-state index contributed by atoms with van der Waals surface area (Å²) in [6, 6.07) is 2.40. The highest BCUT2D eigenvalue weighted by Gasteiger charge is 2.39. The second kappa shape index (κ2) is 17.9. The summed E-state index contributed by atoms with van der Waals surface area (Å²) >= 11 is 0. The number of quaternary nitrogens is 1. The van der Waals surface area contributed by atoms with Gasteiger partial charge in [-0.15, -0.1) is 0 Å². The van der Waals surface area contributed by atoms with Gasteiger partial charge in [0, 0.05) is 6.61 Å². The number of ether oxygens (including phenoxy) is 1. The van der Waals surface area contributed by atoms with Crippen LogP contribution in [0.3, 0.4) is 0 Å². The maximum absolute atomic E-state index is 6.77. The van der Waals surface area contributed by atoms with Crippen LogP contribution in [0.2, 0.25) is 51.4 Å². The van der Waals surface area contributed by atoms with Crippen LogP contribution >= 0.6 is 0 Å². The molecule has 0 N–H and O–H groups in total. The Kier molecular flexibility index (Phi) is 18.1. The highest BCUT2D eigenvalue weighted by atomic mass is 28.5. The first kappa shape index (κ1) is 34.5. The third-order valence-electron chi connectivity index (χ3n) is 6.91. The van der Waals surface area contributed by atoms with Crippen molar-refractivity contribution in [1.82, 2.24) is 0 Å². The van der Waals surface area contributed by atoms with Crippen molar-refractivity contribution >= 4 is 25.2 Å². The normalized spacial score (nSPS) is 13.6. The van der Waals surface area contributed by atoms with E-state index >= 15 is 0 Å². The van der Waals surface area contributed by atoms with Crippen LogP contribution in [0.25, 0.3) is 0 Å². The Labute approximate surface area is 218 Å². The number of nitrogens with zero attached hydrogens (tertiary/aromatic N) is 1. The van der Waals surface area contributed by atoms with Crippen molar-refractivity contribution in [2.24, 2.45) is 0 Å². The molecule has 0 saturated heterocycles. The minimum Gasteiger partial charge on any atom is -0.437 e. The summed E-state index contributed by atoms with van der Waals surface area (Å²) in [5.41, 5.74) is 0. The Morgan fingerprint density at radius 3 is 1.32 bits per heavy atom. The van der Waals surface area contributed by atoms with E-state index in [0.29, 0.717) is 0 Å². The van der Waals surface area contributed by atoms with E-state index in [-0.39, 0.29) is 0 Å². The van der Waals surface area contributed by atoms with Crippen molar-refractivity contribution in [2.75, 3.05) is 39.4 Å². The van der Waals surface area contributed by atoms with Gasteiger partial charge in [-0.1, -0.05) is 59.8 Å². The monoisotopic (exact) mass is 534 g/mol. The lowest BCUT2D eigenvalue weighted by molar-refractivity contribution is -0.929. The molecule has 7 heteroatoms. The Balaban J connectivity index is 4.57. The lowest BCUT2D eigenvalue weighted by Gasteiger charge is -2.39. The number of hydrogen-bond acceptors (Lipinski definition) is 3. The average molecular weight is 535 g/mol. The first-order valence-electron chi connectivity index (χ1n) is 14.7. The Hall–Kier alpha value is 0.491. The number of unbranched alkanes of at least 4 members (excludes halogenated alkanes) is 4. The quantitative estimate of drug-likeness (QED) is 0.0746. The summed E-state index contributed by atoms with van der Waals surface area (Å²) in [5, 5.41) is 0. The van der Waals surface area contributed by atoms with Gasteiger partial charge in [0.05, 0.1) is 26.2 Å². The van der Waals surface area contributed by atoms with Gasteiger partial charge < -0.3 is 17.5 Å². The van der Waals surface area contributed by atoms with Crippen LogP contribution < -0.4 is 0 Å². The molecule has 0 atom stereocenters. The largest absolute Gasteiger partial charge is 0.437 e. The van der Waals surface area contributed by atoms with Gasteiger partial charge in [0.2, 0.25) is 0 Å². The highest BCUT2D eigenvalue weighted by molar-refractivity contribution is 6.87. The van der Waals surface area contributed by atoms with E-state index in [0.717, 1.165) is 25.7 Å². The predicted molar refractivity (Wildman–Crippen MR) is 159 cm³/mol. The first-order chi connectivity index (χ1) is 15.9. The fraction of sp³-hybridized carbons (Fsp3) is 1.00. The second-order valence-corrected chi connectivity index (χ2v) is 24.7. The third-order valence-corrected chi connectivity index (χ3v) is 18.4. The molecule has 0 bridgehead atoms. The molecular formula is C27H64NO3Si3+. The van der Waals surface area contributed by atoms with Crippen LogP contribution in [-0.2, 0) is 13.0 Å². The standard InChI is InChI=1S/C27H64NO3Si3/c1-11-15-20-28(21-16-12-2,22-17-13-3)23-25-29-24-19-27-33(7,8)31-34(9,10)30-32(5,6)26-18-14-4/h11-27H2,1-10H3/q+1. The van der Waals surface area contributed by atoms with E-state index in [4.69, 9.17) is 13.0 Å². The second-order valence-electron chi connectivity index (χ2n) is 12.2. The van der Waals surface area contributed by atoms with Gasteiger partial charge in [-0.2, -0.15) is 0 Å². The molecular weight excluding hydrogens is 471 g/mol. The van der Waals surface area contributed by atoms with Crippen LogP contribution in [0.5, 0.6) is 0 Å². The lowest BCUT2D eigenvalue weighted by Crippen LogP contribution is -2.52. The molecule has 0 spiro atoms. The predicted octanol–water partition coefficient (Wildman–Crippen LogP) is 8.56. The van der Waals surface area contributed by atoms with Gasteiger partial charge in [0.1, 0.15) is 6.54 Å². The molecule has 0 aliphatic carbocycles. The van der Waals surface area contributed by atoms with Gasteiger partial charge in [-0.05, 0) is 77.1 Å². The number of hydrogen-bond donors (Lipinski definition) is 0. The fourth-order valence-corrected chi connectivity index (χ4v) is 19.4. The summed E-state index contributed by atoms with van der Waals surface area (Å²) in [6.45, 7) is 30.2. The van der Waals surface area contributed by atoms with Gasteiger partial charge in [-0.25, -0.2) is 0 Å². The Morgan fingerprint density at radius 1 is 0.500 bits per heavy atom. The molecule has 0 aliphatic heterocycles. The highest BCUT2D eigenvalue weighted by Crippen LogP contribution is 2.26. The van der Waals surface area contributed by atoms with Crippen molar-refractivity contribution in [2.45, 2.75) is 137 Å². The molecule has 0 unspecified atom stereocenters. The van der Waals surface area contributed by atoms with Crippen LogP contribution in [0.4, 0.5) is 0 Å². The van der Waals surface area contributed by atoms with E-state index in [2.05, 4.69) is 67.0 Å². The lowest BCUT2D eigenvalue weighted by atomic mass is 10.1. The first-order valence-corrected chi connectivity index (χ1v) is 23.7. The van der Waals surface area contributed by atoms with Crippen molar-refractivity contribution < 1.29 is 17.5 Å². The van der Waals surface area contributed by atoms with Gasteiger partial charge in [0.15, 0.2) is 16.6 Å². The van der Waals surface area contributed by atoms with Crippen LogP contribution in [0.15, 0.2) is 0 Å². The molecule has 0 aliphatic rings. The van der Waals surface area contributed by atoms with Crippen molar-refractivity contribution in [1.29, 1.82) is 0 Å². The third kappa shape index (κ3) is 17.0. The summed E-state index contributed by atoms with van der Waals surface area (Å²) in [7, 11) is -5.45. The minimum atomic E-state index is -2.08. The van der Waals surface area contributed by atoms with Gasteiger partial charge in [-0.3, -0.25) is 0 Å². The summed E-state index contributed by atoms with van der Waals surface area (Å²) in [4.78, 5) is 0. The number of rotatable bonds is 23. The SMILES string of the molecule is CCCC[N+](CCCC)(CCCC)CCOCCC[Si](C)(C)O[Si](C)(C)O[Si](C)(C)CCCC. The van der Waals surface area contributed by atoms with E-state index in [9.17, 15) is 0 Å². The topological polar surface area (TPSA) is 27.7 Å². The zero-order chi connectivity index (χ0) is 26.1. The smallest absolute Gasteiger partial charge is 0.311 e. The van der Waals surface area contributed by atoms with Crippen LogP contribution in [0, 0.1) is 0 Å². The molecule has 0 fully saturated rings. The summed E-state index contributed by atoms with van der Waals surface area (Å²) in [5.74, 6) is 0. The van der Waals surface area contributed by atoms with Crippen molar-refractivity contribution in [3.8, 4) is 0 Å². The van der Waals surface area contributed by atoms with Crippen LogP contribution in [-0.4, -0.2) is 69.1 Å². The summed E-state index contributed by atoms with van der Waals surface area (Å²) < 4.78 is 21.0. The van der Waals surface area contributed by atoms with E-state index in [1.807, 2.05) is 0 Å². The Morgan fingerprint density at radius 2 is 0.912 bits per heavy atom. The molecule has 206 valence electrons. The van der Waals surface area contributed by atoms with E-state index < -0.39 is 25.2 Å². The molecule has 0 heterocycles. The Bertz CT molecular complexity index is 480. The molecule has 0 saturated carbocycles. The van der Waals surface area contributed by atoms with Crippen LogP contribution in [0.1, 0.15) is 85.5 Å². The van der Waals surface area contributed by atoms with Gasteiger partial charge >= 0.3 is 8.56 Å². The molecule has 34 heavy (non-hydrogen) atoms. The average Bonchev–Trinajstić information content (AvgIpc) is 2.73. The molecule has 0 aromatic rings. The van der Waals surface area contributed by atoms with Crippen molar-refractivity contribution in [3.05, 3.63) is 0 Å². The molecule has 0 radical (unpaired) electrons. The maximum Gasteiger partial charge on any atom is 0.311 e. The van der Waals surface area contributed by atoms with E-state index in [1.165, 1.54) is 88.1 Å². The molecule has 4 nitrogen and oxygen atoms in total. The molecule has 0 aromatic carbocycles. The minimum absolute atomic E-state index is 0.870. The van der Waals surface area contributed by atoms with Gasteiger partial charge in [0.25, 0.3) is 0 Å². The zero-order valence-electron chi connectivity index (χ0n) is 25.2. The fourth-order valence-electron chi connectivity index (χ4n) is 5.17. The maximum atomic E-state index is 6.77. The zero-order valence-corrected chi connectivity index (χ0v) is 28.2. The molecule has 0 aromatic heterocycles. The van der Waals surface area contributed by atoms with Crippen molar-refractivity contribution in [3.63, 3.8) is 0 Å².